The average Bonchev–Trinajstić information content (AvgIpc) is 2.49. The Kier molecular flexibility index (Phi) is 2.33. The van der Waals surface area contributed by atoms with E-state index in [1.807, 2.05) is 19.3 Å². The van der Waals surface area contributed by atoms with E-state index >= 15 is 0 Å². The Bertz CT molecular complexity index is 279. The summed E-state index contributed by atoms with van der Waals surface area (Å²) in [5, 5.41) is 0. The molecule has 0 amide bonds. The molecule has 0 radical (unpaired) electrons. The highest BCUT2D eigenvalue weighted by Gasteiger charge is 2.16. The Balaban J connectivity index is 2.00. The second-order valence-electron chi connectivity index (χ2n) is 3.75. The first-order valence-corrected chi connectivity index (χ1v) is 4.73. The molecule has 0 bridgehead atoms. The van der Waals surface area contributed by atoms with Gasteiger partial charge in [0.1, 0.15) is 5.82 Å². The van der Waals surface area contributed by atoms with Crippen molar-refractivity contribution in [1.29, 1.82) is 0 Å². The van der Waals surface area contributed by atoms with Crippen molar-refractivity contribution in [2.75, 3.05) is 13.1 Å². The van der Waals surface area contributed by atoms with Crippen molar-refractivity contribution in [3.05, 3.63) is 18.2 Å². The Morgan fingerprint density at radius 1 is 1.62 bits per heavy atom. The highest BCUT2D eigenvalue weighted by atomic mass is 15.2. The molecule has 0 aromatic carbocycles. The van der Waals surface area contributed by atoms with Crippen molar-refractivity contribution in [1.82, 2.24) is 14.5 Å². The number of imidazole rings is 1. The summed E-state index contributed by atoms with van der Waals surface area (Å²) in [6, 6.07) is 0.251. The van der Waals surface area contributed by atoms with Crippen LogP contribution in [0.3, 0.4) is 0 Å². The van der Waals surface area contributed by atoms with E-state index in [-0.39, 0.29) is 6.04 Å². The Hall–Kier alpha value is -0.870. The lowest BCUT2D eigenvalue weighted by molar-refractivity contribution is 0.208. The van der Waals surface area contributed by atoms with Gasteiger partial charge >= 0.3 is 0 Å². The van der Waals surface area contributed by atoms with Crippen molar-refractivity contribution in [2.24, 2.45) is 5.73 Å². The Labute approximate surface area is 78.4 Å². The van der Waals surface area contributed by atoms with Gasteiger partial charge in [0.15, 0.2) is 0 Å². The molecule has 72 valence electrons. The average molecular weight is 180 g/mol. The van der Waals surface area contributed by atoms with Crippen molar-refractivity contribution in [3.63, 3.8) is 0 Å². The Morgan fingerprint density at radius 2 is 2.46 bits per heavy atom. The molecular weight excluding hydrogens is 164 g/mol. The van der Waals surface area contributed by atoms with Gasteiger partial charge < -0.3 is 10.3 Å². The molecule has 1 aromatic rings. The number of nitrogens with two attached hydrogens (primary N) is 1. The largest absolute Gasteiger partial charge is 0.333 e. The fraction of sp³-hybridized carbons (Fsp3) is 0.667. The summed E-state index contributed by atoms with van der Waals surface area (Å²) in [5.41, 5.74) is 5.75. The number of rotatable bonds is 2. The van der Waals surface area contributed by atoms with Crippen LogP contribution in [0.2, 0.25) is 0 Å². The summed E-state index contributed by atoms with van der Waals surface area (Å²) in [7, 11) is 0. The summed E-state index contributed by atoms with van der Waals surface area (Å²) in [5.74, 6) is 1.16. The first-order valence-electron chi connectivity index (χ1n) is 4.73. The molecule has 0 saturated heterocycles. The summed E-state index contributed by atoms with van der Waals surface area (Å²) in [6.07, 6.45) is 3.91. The van der Waals surface area contributed by atoms with Gasteiger partial charge in [0.25, 0.3) is 0 Å². The highest BCUT2D eigenvalue weighted by molar-refractivity contribution is 4.95. The predicted molar refractivity (Wildman–Crippen MR) is 51.2 cm³/mol. The lowest BCUT2D eigenvalue weighted by Crippen LogP contribution is -2.40. The number of hydrogen-bond acceptors (Lipinski definition) is 3. The Morgan fingerprint density at radius 3 is 3.23 bits per heavy atom. The van der Waals surface area contributed by atoms with E-state index in [9.17, 15) is 0 Å². The molecule has 0 saturated carbocycles. The monoisotopic (exact) mass is 180 g/mol. The van der Waals surface area contributed by atoms with Gasteiger partial charge in [0.05, 0.1) is 6.54 Å². The zero-order chi connectivity index (χ0) is 9.26. The van der Waals surface area contributed by atoms with Crippen LogP contribution in [0.25, 0.3) is 0 Å². The third-order valence-electron chi connectivity index (χ3n) is 2.37. The maximum atomic E-state index is 5.75. The van der Waals surface area contributed by atoms with Crippen LogP contribution in [-0.4, -0.2) is 33.6 Å². The second-order valence-corrected chi connectivity index (χ2v) is 3.75. The van der Waals surface area contributed by atoms with E-state index in [2.05, 4.69) is 14.5 Å². The zero-order valence-electron chi connectivity index (χ0n) is 7.98. The van der Waals surface area contributed by atoms with Crippen LogP contribution in [0.5, 0.6) is 0 Å². The summed E-state index contributed by atoms with van der Waals surface area (Å²) < 4.78 is 2.21. The fourth-order valence-corrected chi connectivity index (χ4v) is 1.79. The predicted octanol–water partition coefficient (Wildman–Crippen LogP) is 0.0459. The van der Waals surface area contributed by atoms with Gasteiger partial charge in [0, 0.05) is 38.1 Å². The molecule has 1 aliphatic heterocycles. The normalized spacial score (nSPS) is 19.8. The number of hydrogen-bond donors (Lipinski definition) is 1. The van der Waals surface area contributed by atoms with Crippen molar-refractivity contribution in [2.45, 2.75) is 26.1 Å². The SMILES string of the molecule is C[C@@H](N)CN1CCn2ccnc2C1. The van der Waals surface area contributed by atoms with Gasteiger partial charge in [-0.25, -0.2) is 4.98 Å². The third kappa shape index (κ3) is 1.89. The maximum Gasteiger partial charge on any atom is 0.122 e. The molecule has 4 heteroatoms. The van der Waals surface area contributed by atoms with Crippen molar-refractivity contribution < 1.29 is 0 Å². The van der Waals surface area contributed by atoms with Gasteiger partial charge in [-0.1, -0.05) is 0 Å². The highest BCUT2D eigenvalue weighted by Crippen LogP contribution is 2.09. The van der Waals surface area contributed by atoms with Crippen LogP contribution in [-0.2, 0) is 13.1 Å². The molecule has 2 rings (SSSR count). The molecule has 1 atom stereocenters. The van der Waals surface area contributed by atoms with Crippen LogP contribution in [0.4, 0.5) is 0 Å². The van der Waals surface area contributed by atoms with Gasteiger partial charge in [-0.3, -0.25) is 4.90 Å². The molecule has 1 aromatic heterocycles. The van der Waals surface area contributed by atoms with E-state index in [4.69, 9.17) is 5.73 Å². The van der Waals surface area contributed by atoms with E-state index < -0.39 is 0 Å². The molecule has 0 spiro atoms. The van der Waals surface area contributed by atoms with Crippen molar-refractivity contribution >= 4 is 0 Å². The molecular formula is C9H16N4. The smallest absolute Gasteiger partial charge is 0.122 e. The molecule has 2 heterocycles. The molecule has 0 unspecified atom stereocenters. The molecule has 13 heavy (non-hydrogen) atoms. The van der Waals surface area contributed by atoms with Crippen LogP contribution in [0.15, 0.2) is 12.4 Å². The minimum Gasteiger partial charge on any atom is -0.333 e. The summed E-state index contributed by atoms with van der Waals surface area (Å²) in [6.45, 7) is 6.08. The van der Waals surface area contributed by atoms with Crippen LogP contribution in [0, 0.1) is 0 Å². The topological polar surface area (TPSA) is 47.1 Å². The van der Waals surface area contributed by atoms with Crippen LogP contribution < -0.4 is 5.73 Å². The summed E-state index contributed by atoms with van der Waals surface area (Å²) in [4.78, 5) is 6.65. The number of nitrogens with zero attached hydrogens (tertiary/aromatic N) is 3. The molecule has 0 fully saturated rings. The van der Waals surface area contributed by atoms with Gasteiger partial charge in [-0.2, -0.15) is 0 Å². The van der Waals surface area contributed by atoms with Crippen LogP contribution >= 0.6 is 0 Å². The fourth-order valence-electron chi connectivity index (χ4n) is 1.79. The lowest BCUT2D eigenvalue weighted by Gasteiger charge is -2.28. The zero-order valence-corrected chi connectivity index (χ0v) is 7.98. The summed E-state index contributed by atoms with van der Waals surface area (Å²) >= 11 is 0. The van der Waals surface area contributed by atoms with Crippen molar-refractivity contribution in [3.8, 4) is 0 Å². The number of fused-ring (bicyclic) bond motifs is 1. The van der Waals surface area contributed by atoms with Crippen LogP contribution in [0.1, 0.15) is 12.7 Å². The van der Waals surface area contributed by atoms with Gasteiger partial charge in [0.2, 0.25) is 0 Å². The first-order chi connectivity index (χ1) is 6.25. The quantitative estimate of drug-likeness (QED) is 0.699. The molecule has 4 nitrogen and oxygen atoms in total. The second kappa shape index (κ2) is 3.47. The first kappa shape index (κ1) is 8.72. The minimum atomic E-state index is 0.251. The molecule has 2 N–H and O–H groups in total. The number of aromatic nitrogens is 2. The van der Waals surface area contributed by atoms with E-state index in [0.29, 0.717) is 0 Å². The van der Waals surface area contributed by atoms with E-state index in [1.165, 1.54) is 0 Å². The standard InChI is InChI=1S/C9H16N4/c1-8(10)6-12-4-5-13-3-2-11-9(13)7-12/h2-3,8H,4-7,10H2,1H3/t8-/m1/s1. The van der Waals surface area contributed by atoms with E-state index in [0.717, 1.165) is 32.0 Å². The minimum absolute atomic E-state index is 0.251. The third-order valence-corrected chi connectivity index (χ3v) is 2.37. The van der Waals surface area contributed by atoms with E-state index in [1.54, 1.807) is 0 Å². The molecule has 0 aliphatic carbocycles. The molecule has 1 aliphatic rings. The lowest BCUT2D eigenvalue weighted by atomic mass is 10.3. The maximum absolute atomic E-state index is 5.75. The van der Waals surface area contributed by atoms with Gasteiger partial charge in [-0.05, 0) is 6.92 Å². The van der Waals surface area contributed by atoms with Gasteiger partial charge in [-0.15, -0.1) is 0 Å².